The van der Waals surface area contributed by atoms with Crippen LogP contribution in [0.4, 0.5) is 0 Å². The predicted octanol–water partition coefficient (Wildman–Crippen LogP) is 2.48. The minimum atomic E-state index is -0.459. The van der Waals surface area contributed by atoms with Crippen LogP contribution < -0.4 is 10.1 Å². The van der Waals surface area contributed by atoms with Crippen LogP contribution in [0.25, 0.3) is 0 Å². The lowest BCUT2D eigenvalue weighted by Gasteiger charge is -2.14. The Balaban J connectivity index is 1.82. The normalized spacial score (nSPS) is 12.1. The van der Waals surface area contributed by atoms with E-state index in [0.717, 1.165) is 11.1 Å². The second-order valence-corrected chi connectivity index (χ2v) is 5.17. The summed E-state index contributed by atoms with van der Waals surface area (Å²) in [6.45, 7) is 3.34. The highest BCUT2D eigenvalue weighted by atomic mass is 16.5. The smallest absolute Gasteiger partial charge is 0.162 e. The zero-order valence-electron chi connectivity index (χ0n) is 12.8. The van der Waals surface area contributed by atoms with Gasteiger partial charge in [-0.1, -0.05) is 42.5 Å². The third kappa shape index (κ3) is 4.76. The van der Waals surface area contributed by atoms with Gasteiger partial charge in [0.15, 0.2) is 11.5 Å². The lowest BCUT2D eigenvalue weighted by molar-refractivity contribution is 0.171. The van der Waals surface area contributed by atoms with Crippen molar-refractivity contribution in [2.45, 2.75) is 26.0 Å². The highest BCUT2D eigenvalue weighted by Crippen LogP contribution is 2.29. The summed E-state index contributed by atoms with van der Waals surface area (Å²) >= 11 is 0. The Labute approximate surface area is 131 Å². The van der Waals surface area contributed by atoms with Crippen LogP contribution in [0.2, 0.25) is 0 Å². The Hall–Kier alpha value is -2.04. The van der Waals surface area contributed by atoms with Gasteiger partial charge in [-0.15, -0.1) is 0 Å². The van der Waals surface area contributed by atoms with Gasteiger partial charge in [-0.2, -0.15) is 0 Å². The molecule has 0 saturated carbocycles. The van der Waals surface area contributed by atoms with E-state index in [1.807, 2.05) is 49.4 Å². The maximum Gasteiger partial charge on any atom is 0.162 e. The van der Waals surface area contributed by atoms with Gasteiger partial charge in [-0.05, 0) is 25.0 Å². The summed E-state index contributed by atoms with van der Waals surface area (Å²) in [5, 5.41) is 23.3. The second kappa shape index (κ2) is 8.41. The van der Waals surface area contributed by atoms with Crippen LogP contribution in [-0.4, -0.2) is 29.5 Å². The van der Waals surface area contributed by atoms with Crippen LogP contribution in [0, 0.1) is 0 Å². The lowest BCUT2D eigenvalue weighted by atomic mass is 10.1. The number of rotatable bonds is 8. The molecular formula is C18H23NO3. The van der Waals surface area contributed by atoms with E-state index in [-0.39, 0.29) is 5.75 Å². The van der Waals surface area contributed by atoms with Gasteiger partial charge in [-0.25, -0.2) is 0 Å². The Bertz CT molecular complexity index is 572. The van der Waals surface area contributed by atoms with E-state index >= 15 is 0 Å². The molecule has 0 heterocycles. The molecule has 4 heteroatoms. The first-order chi connectivity index (χ1) is 10.7. The van der Waals surface area contributed by atoms with E-state index in [2.05, 4.69) is 5.32 Å². The molecule has 0 amide bonds. The van der Waals surface area contributed by atoms with Gasteiger partial charge < -0.3 is 20.3 Å². The molecule has 3 N–H and O–H groups in total. The number of hydrogen-bond acceptors (Lipinski definition) is 4. The highest BCUT2D eigenvalue weighted by Gasteiger charge is 2.09. The predicted molar refractivity (Wildman–Crippen MR) is 87.1 cm³/mol. The van der Waals surface area contributed by atoms with E-state index in [1.54, 1.807) is 6.07 Å². The van der Waals surface area contributed by atoms with Crippen molar-refractivity contribution in [2.24, 2.45) is 0 Å². The third-order valence-corrected chi connectivity index (χ3v) is 3.39. The van der Waals surface area contributed by atoms with Gasteiger partial charge in [0.1, 0.15) is 0 Å². The third-order valence-electron chi connectivity index (χ3n) is 3.39. The summed E-state index contributed by atoms with van der Waals surface area (Å²) in [7, 11) is 0. The molecule has 2 rings (SSSR count). The van der Waals surface area contributed by atoms with Crippen LogP contribution in [-0.2, 0) is 13.0 Å². The molecule has 0 radical (unpaired) electrons. The van der Waals surface area contributed by atoms with Crippen molar-refractivity contribution in [3.05, 3.63) is 59.7 Å². The summed E-state index contributed by atoms with van der Waals surface area (Å²) in [6.07, 6.45) is 0.151. The van der Waals surface area contributed by atoms with Gasteiger partial charge in [0.2, 0.25) is 0 Å². The van der Waals surface area contributed by atoms with Crippen molar-refractivity contribution in [1.29, 1.82) is 0 Å². The minimum absolute atomic E-state index is 0.161. The van der Waals surface area contributed by atoms with Crippen LogP contribution in [0.15, 0.2) is 48.5 Å². The average Bonchev–Trinajstić information content (AvgIpc) is 2.52. The van der Waals surface area contributed by atoms with Gasteiger partial charge in [0.25, 0.3) is 0 Å². The van der Waals surface area contributed by atoms with Crippen LogP contribution in [0.1, 0.15) is 18.1 Å². The van der Waals surface area contributed by atoms with E-state index in [1.165, 1.54) is 0 Å². The van der Waals surface area contributed by atoms with Gasteiger partial charge in [0.05, 0.1) is 12.7 Å². The molecule has 0 aliphatic carbocycles. The monoisotopic (exact) mass is 301 g/mol. The van der Waals surface area contributed by atoms with E-state index in [0.29, 0.717) is 31.9 Å². The van der Waals surface area contributed by atoms with Crippen molar-refractivity contribution in [1.82, 2.24) is 5.32 Å². The molecule has 118 valence electrons. The average molecular weight is 301 g/mol. The highest BCUT2D eigenvalue weighted by molar-refractivity contribution is 5.45. The summed E-state index contributed by atoms with van der Waals surface area (Å²) in [5.41, 5.74) is 1.87. The van der Waals surface area contributed by atoms with E-state index in [4.69, 9.17) is 4.74 Å². The number of phenolic OH excluding ortho intramolecular Hbond substituents is 1. The molecule has 4 nitrogen and oxygen atoms in total. The van der Waals surface area contributed by atoms with Crippen LogP contribution >= 0.6 is 0 Å². The van der Waals surface area contributed by atoms with Crippen molar-refractivity contribution in [3.63, 3.8) is 0 Å². The number of ether oxygens (including phenoxy) is 1. The molecule has 0 aliphatic rings. The van der Waals surface area contributed by atoms with Gasteiger partial charge >= 0.3 is 0 Å². The summed E-state index contributed by atoms with van der Waals surface area (Å²) in [5.74, 6) is 0.654. The molecule has 22 heavy (non-hydrogen) atoms. The standard InChI is InChI=1S/C18H23NO3/c1-2-22-17-10-6-9-15(18(17)21)12-19-13-16(20)11-14-7-4-3-5-8-14/h3-10,16,19-21H,2,11-13H2,1H3. The largest absolute Gasteiger partial charge is 0.504 e. The summed E-state index contributed by atoms with van der Waals surface area (Å²) < 4.78 is 5.36. The van der Waals surface area contributed by atoms with Gasteiger partial charge in [0, 0.05) is 18.7 Å². The number of hydrogen-bond donors (Lipinski definition) is 3. The molecule has 2 aromatic rings. The topological polar surface area (TPSA) is 61.7 Å². The zero-order chi connectivity index (χ0) is 15.8. The molecule has 2 aromatic carbocycles. The first-order valence-electron chi connectivity index (χ1n) is 7.57. The first kappa shape index (κ1) is 16.3. The Kier molecular flexibility index (Phi) is 6.25. The molecule has 0 spiro atoms. The SMILES string of the molecule is CCOc1cccc(CNCC(O)Cc2ccccc2)c1O. The summed E-state index contributed by atoms with van der Waals surface area (Å²) in [6, 6.07) is 15.3. The molecule has 1 unspecified atom stereocenters. The number of nitrogens with one attached hydrogen (secondary N) is 1. The number of aliphatic hydroxyl groups is 1. The zero-order valence-corrected chi connectivity index (χ0v) is 12.8. The second-order valence-electron chi connectivity index (χ2n) is 5.17. The first-order valence-corrected chi connectivity index (χ1v) is 7.57. The minimum Gasteiger partial charge on any atom is -0.504 e. The van der Waals surface area contributed by atoms with Crippen LogP contribution in [0.5, 0.6) is 11.5 Å². The quantitative estimate of drug-likeness (QED) is 0.701. The fourth-order valence-electron chi connectivity index (χ4n) is 2.31. The number of benzene rings is 2. The Morgan fingerprint density at radius 2 is 1.86 bits per heavy atom. The fraction of sp³-hybridized carbons (Fsp3) is 0.333. The van der Waals surface area contributed by atoms with E-state index in [9.17, 15) is 10.2 Å². The maximum absolute atomic E-state index is 10.1. The molecule has 0 bridgehead atoms. The number of para-hydroxylation sites is 1. The van der Waals surface area contributed by atoms with E-state index < -0.39 is 6.10 Å². The molecular weight excluding hydrogens is 278 g/mol. The lowest BCUT2D eigenvalue weighted by Crippen LogP contribution is -2.28. The van der Waals surface area contributed by atoms with Crippen LogP contribution in [0.3, 0.4) is 0 Å². The van der Waals surface area contributed by atoms with Crippen molar-refractivity contribution in [2.75, 3.05) is 13.2 Å². The molecule has 0 fully saturated rings. The molecule has 0 aliphatic heterocycles. The molecule has 1 atom stereocenters. The molecule has 0 aromatic heterocycles. The maximum atomic E-state index is 10.1. The van der Waals surface area contributed by atoms with Crippen molar-refractivity contribution < 1.29 is 14.9 Å². The Morgan fingerprint density at radius 1 is 1.09 bits per heavy atom. The fourth-order valence-corrected chi connectivity index (χ4v) is 2.31. The Morgan fingerprint density at radius 3 is 2.59 bits per heavy atom. The molecule has 0 saturated heterocycles. The number of aliphatic hydroxyl groups excluding tert-OH is 1. The van der Waals surface area contributed by atoms with Crippen molar-refractivity contribution in [3.8, 4) is 11.5 Å². The summed E-state index contributed by atoms with van der Waals surface area (Å²) in [4.78, 5) is 0. The van der Waals surface area contributed by atoms with Gasteiger partial charge in [-0.3, -0.25) is 0 Å². The number of aromatic hydroxyl groups is 1. The number of phenols is 1. The van der Waals surface area contributed by atoms with Crippen molar-refractivity contribution >= 4 is 0 Å².